The minimum atomic E-state index is 0.330. The normalized spacial score (nSPS) is 17.7. The summed E-state index contributed by atoms with van der Waals surface area (Å²) in [6.45, 7) is 0.769. The fourth-order valence-corrected chi connectivity index (χ4v) is 2.50. The first-order valence-corrected chi connectivity index (χ1v) is 6.86. The number of para-hydroxylation sites is 1. The highest BCUT2D eigenvalue weighted by Crippen LogP contribution is 2.34. The van der Waals surface area contributed by atoms with Crippen LogP contribution in [0.15, 0.2) is 53.0 Å². The standard InChI is InChI=1S/C15H14BrNO/c16-11-5-7-12(8-6-11)17-14-9-10-18-15-4-2-1-3-13(14)15/h1-8,14,17H,9-10H2/t14-/m1/s1. The van der Waals surface area contributed by atoms with E-state index in [0.717, 1.165) is 28.9 Å². The molecule has 1 heterocycles. The SMILES string of the molecule is Brc1ccc(N[C@@H]2CCOc3ccccc32)cc1. The van der Waals surface area contributed by atoms with Gasteiger partial charge in [0.2, 0.25) is 0 Å². The van der Waals surface area contributed by atoms with Gasteiger partial charge in [-0.1, -0.05) is 34.1 Å². The van der Waals surface area contributed by atoms with Crippen LogP contribution in [-0.4, -0.2) is 6.61 Å². The molecule has 0 radical (unpaired) electrons. The van der Waals surface area contributed by atoms with E-state index in [4.69, 9.17) is 4.74 Å². The summed E-state index contributed by atoms with van der Waals surface area (Å²) in [5, 5.41) is 3.56. The fourth-order valence-electron chi connectivity index (χ4n) is 2.24. The molecule has 18 heavy (non-hydrogen) atoms. The van der Waals surface area contributed by atoms with Gasteiger partial charge in [-0.05, 0) is 30.3 Å². The monoisotopic (exact) mass is 303 g/mol. The zero-order valence-electron chi connectivity index (χ0n) is 9.90. The molecule has 0 amide bonds. The fraction of sp³-hybridized carbons (Fsp3) is 0.200. The molecule has 0 spiro atoms. The highest BCUT2D eigenvalue weighted by molar-refractivity contribution is 9.10. The molecule has 3 rings (SSSR count). The Kier molecular flexibility index (Phi) is 3.24. The lowest BCUT2D eigenvalue weighted by atomic mass is 10.0. The Morgan fingerprint density at radius 2 is 1.83 bits per heavy atom. The van der Waals surface area contributed by atoms with Crippen LogP contribution < -0.4 is 10.1 Å². The number of nitrogens with one attached hydrogen (secondary N) is 1. The summed E-state index contributed by atoms with van der Waals surface area (Å²) in [6.07, 6.45) is 0.993. The maximum Gasteiger partial charge on any atom is 0.124 e. The van der Waals surface area contributed by atoms with E-state index in [1.54, 1.807) is 0 Å². The van der Waals surface area contributed by atoms with E-state index in [-0.39, 0.29) is 0 Å². The highest BCUT2D eigenvalue weighted by Gasteiger charge is 2.20. The first-order chi connectivity index (χ1) is 8.83. The first-order valence-electron chi connectivity index (χ1n) is 6.07. The summed E-state index contributed by atoms with van der Waals surface area (Å²) in [5.41, 5.74) is 2.38. The quantitative estimate of drug-likeness (QED) is 0.888. The van der Waals surface area contributed by atoms with Crippen molar-refractivity contribution in [1.29, 1.82) is 0 Å². The van der Waals surface area contributed by atoms with Crippen LogP contribution in [0.25, 0.3) is 0 Å². The molecule has 2 aromatic rings. The van der Waals surface area contributed by atoms with Crippen LogP contribution >= 0.6 is 15.9 Å². The molecule has 0 saturated heterocycles. The van der Waals surface area contributed by atoms with Crippen molar-refractivity contribution in [2.24, 2.45) is 0 Å². The summed E-state index contributed by atoms with van der Waals surface area (Å²) in [6, 6.07) is 16.8. The van der Waals surface area contributed by atoms with Crippen molar-refractivity contribution in [1.82, 2.24) is 0 Å². The Morgan fingerprint density at radius 1 is 1.06 bits per heavy atom. The number of anilines is 1. The van der Waals surface area contributed by atoms with Crippen molar-refractivity contribution >= 4 is 21.6 Å². The van der Waals surface area contributed by atoms with Crippen molar-refractivity contribution in [3.8, 4) is 5.75 Å². The third-order valence-corrected chi connectivity index (χ3v) is 3.67. The van der Waals surface area contributed by atoms with Crippen molar-refractivity contribution < 1.29 is 4.74 Å². The maximum atomic E-state index is 5.66. The highest BCUT2D eigenvalue weighted by atomic mass is 79.9. The average molecular weight is 304 g/mol. The summed E-state index contributed by atoms with van der Waals surface area (Å²) in [5.74, 6) is 0.998. The van der Waals surface area contributed by atoms with E-state index >= 15 is 0 Å². The molecule has 3 heteroatoms. The Hall–Kier alpha value is -1.48. The molecule has 1 aliphatic heterocycles. The Labute approximate surface area is 115 Å². The van der Waals surface area contributed by atoms with Crippen molar-refractivity contribution in [3.05, 3.63) is 58.6 Å². The average Bonchev–Trinajstić information content (AvgIpc) is 2.42. The predicted molar refractivity (Wildman–Crippen MR) is 77.1 cm³/mol. The van der Waals surface area contributed by atoms with Crippen LogP contribution in [0.4, 0.5) is 5.69 Å². The summed E-state index contributed by atoms with van der Waals surface area (Å²) >= 11 is 3.45. The second kappa shape index (κ2) is 5.02. The molecule has 0 unspecified atom stereocenters. The lowest BCUT2D eigenvalue weighted by Gasteiger charge is -2.27. The summed E-state index contributed by atoms with van der Waals surface area (Å²) in [7, 11) is 0. The van der Waals surface area contributed by atoms with Crippen LogP contribution in [0.1, 0.15) is 18.0 Å². The van der Waals surface area contributed by atoms with Gasteiger partial charge in [0, 0.05) is 22.1 Å². The Balaban J connectivity index is 1.84. The predicted octanol–water partition coefficient (Wildman–Crippen LogP) is 4.38. The Bertz CT molecular complexity index is 538. The topological polar surface area (TPSA) is 21.3 Å². The van der Waals surface area contributed by atoms with Gasteiger partial charge in [-0.2, -0.15) is 0 Å². The minimum Gasteiger partial charge on any atom is -0.493 e. The number of ether oxygens (including phenoxy) is 1. The number of hydrogen-bond donors (Lipinski definition) is 1. The number of halogens is 1. The van der Waals surface area contributed by atoms with Crippen LogP contribution in [0, 0.1) is 0 Å². The van der Waals surface area contributed by atoms with Crippen molar-refractivity contribution in [2.75, 3.05) is 11.9 Å². The van der Waals surface area contributed by atoms with E-state index in [0.29, 0.717) is 6.04 Å². The summed E-state index contributed by atoms with van der Waals surface area (Å²) in [4.78, 5) is 0. The molecule has 1 aliphatic rings. The third-order valence-electron chi connectivity index (χ3n) is 3.14. The molecular formula is C15H14BrNO. The maximum absolute atomic E-state index is 5.66. The Morgan fingerprint density at radius 3 is 2.67 bits per heavy atom. The molecule has 2 aromatic carbocycles. The van der Waals surface area contributed by atoms with Crippen LogP contribution in [0.3, 0.4) is 0 Å². The van der Waals surface area contributed by atoms with Gasteiger partial charge in [-0.15, -0.1) is 0 Å². The van der Waals surface area contributed by atoms with E-state index < -0.39 is 0 Å². The van der Waals surface area contributed by atoms with Gasteiger partial charge < -0.3 is 10.1 Å². The van der Waals surface area contributed by atoms with E-state index in [9.17, 15) is 0 Å². The van der Waals surface area contributed by atoms with E-state index in [1.165, 1.54) is 5.56 Å². The van der Waals surface area contributed by atoms with Gasteiger partial charge in [-0.25, -0.2) is 0 Å². The van der Waals surface area contributed by atoms with Gasteiger partial charge in [0.15, 0.2) is 0 Å². The van der Waals surface area contributed by atoms with Gasteiger partial charge in [0.25, 0.3) is 0 Å². The van der Waals surface area contributed by atoms with Gasteiger partial charge in [-0.3, -0.25) is 0 Å². The number of fused-ring (bicyclic) bond motifs is 1. The summed E-state index contributed by atoms with van der Waals surface area (Å²) < 4.78 is 6.76. The number of benzene rings is 2. The van der Waals surface area contributed by atoms with Gasteiger partial charge in [0.1, 0.15) is 5.75 Å². The van der Waals surface area contributed by atoms with E-state index in [1.807, 2.05) is 24.3 Å². The van der Waals surface area contributed by atoms with Crippen LogP contribution in [0.2, 0.25) is 0 Å². The minimum absolute atomic E-state index is 0.330. The second-order valence-electron chi connectivity index (χ2n) is 4.38. The molecule has 1 atom stereocenters. The van der Waals surface area contributed by atoms with Gasteiger partial charge in [0.05, 0.1) is 12.6 Å². The molecular weight excluding hydrogens is 290 g/mol. The number of hydrogen-bond acceptors (Lipinski definition) is 2. The number of rotatable bonds is 2. The van der Waals surface area contributed by atoms with Crippen LogP contribution in [0.5, 0.6) is 5.75 Å². The molecule has 0 aromatic heterocycles. The second-order valence-corrected chi connectivity index (χ2v) is 5.29. The molecule has 92 valence electrons. The lowest BCUT2D eigenvalue weighted by Crippen LogP contribution is -2.20. The van der Waals surface area contributed by atoms with E-state index in [2.05, 4.69) is 45.5 Å². The van der Waals surface area contributed by atoms with Gasteiger partial charge >= 0.3 is 0 Å². The molecule has 0 fully saturated rings. The lowest BCUT2D eigenvalue weighted by molar-refractivity contribution is 0.274. The van der Waals surface area contributed by atoms with Crippen molar-refractivity contribution in [3.63, 3.8) is 0 Å². The smallest absolute Gasteiger partial charge is 0.124 e. The molecule has 1 N–H and O–H groups in total. The third kappa shape index (κ3) is 2.36. The van der Waals surface area contributed by atoms with Crippen LogP contribution in [-0.2, 0) is 0 Å². The largest absolute Gasteiger partial charge is 0.493 e. The van der Waals surface area contributed by atoms with Crippen molar-refractivity contribution in [2.45, 2.75) is 12.5 Å². The zero-order valence-corrected chi connectivity index (χ0v) is 11.5. The zero-order chi connectivity index (χ0) is 12.4. The molecule has 0 aliphatic carbocycles. The molecule has 0 bridgehead atoms. The first kappa shape index (κ1) is 11.6. The molecule has 0 saturated carbocycles. The molecule has 2 nitrogen and oxygen atoms in total.